The summed E-state index contributed by atoms with van der Waals surface area (Å²) in [7, 11) is 2.02. The molecule has 0 aliphatic heterocycles. The van der Waals surface area contributed by atoms with Gasteiger partial charge in [-0.25, -0.2) is 4.98 Å². The van der Waals surface area contributed by atoms with E-state index in [2.05, 4.69) is 14.9 Å². The maximum Gasteiger partial charge on any atom is 0.235 e. The monoisotopic (exact) mass is 250 g/mol. The smallest absolute Gasteiger partial charge is 0.235 e. The van der Waals surface area contributed by atoms with Crippen molar-refractivity contribution in [3.63, 3.8) is 0 Å². The Labute approximate surface area is 108 Å². The summed E-state index contributed by atoms with van der Waals surface area (Å²) in [4.78, 5) is 20.8. The fourth-order valence-corrected chi connectivity index (χ4v) is 2.79. The van der Waals surface area contributed by atoms with Crippen LogP contribution in [0, 0.1) is 0 Å². The Morgan fingerprint density at radius 3 is 2.83 bits per heavy atom. The van der Waals surface area contributed by atoms with Crippen LogP contribution in [0.1, 0.15) is 37.8 Å². The summed E-state index contributed by atoms with van der Waals surface area (Å²) in [5, 5.41) is 0. The first-order valence-corrected chi connectivity index (χ1v) is 6.67. The van der Waals surface area contributed by atoms with Crippen LogP contribution in [0.3, 0.4) is 0 Å². The molecule has 100 valence electrons. The Bertz CT molecular complexity index is 370. The normalized spacial score (nSPS) is 19.0. The molecule has 1 atom stereocenters. The molecule has 2 rings (SSSR count). The quantitative estimate of drug-likeness (QED) is 0.821. The molecule has 1 saturated carbocycles. The van der Waals surface area contributed by atoms with Gasteiger partial charge >= 0.3 is 0 Å². The lowest BCUT2D eigenvalue weighted by atomic mass is 9.93. The second-order valence-corrected chi connectivity index (χ2v) is 5.16. The van der Waals surface area contributed by atoms with Crippen molar-refractivity contribution in [2.75, 3.05) is 7.05 Å². The number of likely N-dealkylation sites (N-methyl/N-ethyl adjacent to an activating group) is 1. The molecule has 18 heavy (non-hydrogen) atoms. The van der Waals surface area contributed by atoms with Crippen molar-refractivity contribution >= 4 is 5.91 Å². The highest BCUT2D eigenvalue weighted by atomic mass is 16.1. The van der Waals surface area contributed by atoms with Gasteiger partial charge in [-0.15, -0.1) is 0 Å². The van der Waals surface area contributed by atoms with Gasteiger partial charge in [0.25, 0.3) is 0 Å². The molecule has 5 heteroatoms. The molecule has 1 aromatic rings. The van der Waals surface area contributed by atoms with Gasteiger partial charge in [0.1, 0.15) is 0 Å². The molecule has 1 unspecified atom stereocenters. The van der Waals surface area contributed by atoms with Gasteiger partial charge in [-0.1, -0.05) is 19.3 Å². The van der Waals surface area contributed by atoms with E-state index in [-0.39, 0.29) is 11.9 Å². The Kier molecular flexibility index (Phi) is 4.36. The Balaban J connectivity index is 2.01. The molecular weight excluding hydrogens is 228 g/mol. The number of rotatable bonds is 5. The molecule has 0 bridgehead atoms. The molecule has 1 aliphatic rings. The van der Waals surface area contributed by atoms with Crippen molar-refractivity contribution < 1.29 is 4.79 Å². The number of aromatic nitrogens is 2. The van der Waals surface area contributed by atoms with Crippen LogP contribution in [-0.2, 0) is 11.2 Å². The average molecular weight is 250 g/mol. The van der Waals surface area contributed by atoms with E-state index in [9.17, 15) is 4.79 Å². The lowest BCUT2D eigenvalue weighted by Gasteiger charge is -2.35. The average Bonchev–Trinajstić information content (AvgIpc) is 2.89. The summed E-state index contributed by atoms with van der Waals surface area (Å²) in [5.41, 5.74) is 6.51. The lowest BCUT2D eigenvalue weighted by molar-refractivity contribution is -0.123. The van der Waals surface area contributed by atoms with E-state index < -0.39 is 0 Å². The zero-order valence-electron chi connectivity index (χ0n) is 10.9. The molecule has 1 heterocycles. The number of carbonyl (C=O) groups is 1. The minimum Gasteiger partial charge on any atom is -0.368 e. The maximum absolute atomic E-state index is 11.7. The van der Waals surface area contributed by atoms with Crippen LogP contribution in [0.25, 0.3) is 0 Å². The topological polar surface area (TPSA) is 75.0 Å². The summed E-state index contributed by atoms with van der Waals surface area (Å²) in [5.74, 6) is -0.252. The number of primary amides is 1. The minimum absolute atomic E-state index is 0.242. The third kappa shape index (κ3) is 3.10. The third-order valence-electron chi connectivity index (χ3n) is 3.94. The molecule has 1 aliphatic carbocycles. The van der Waals surface area contributed by atoms with Crippen molar-refractivity contribution in [3.05, 3.63) is 18.2 Å². The number of H-pyrrole nitrogens is 1. The van der Waals surface area contributed by atoms with E-state index in [1.807, 2.05) is 7.05 Å². The van der Waals surface area contributed by atoms with Gasteiger partial charge in [-0.05, 0) is 19.9 Å². The van der Waals surface area contributed by atoms with Crippen molar-refractivity contribution in [3.8, 4) is 0 Å². The summed E-state index contributed by atoms with van der Waals surface area (Å²) in [6, 6.07) is 0.243. The highest BCUT2D eigenvalue weighted by molar-refractivity contribution is 5.80. The molecule has 1 fully saturated rings. The first-order valence-electron chi connectivity index (χ1n) is 6.67. The summed E-state index contributed by atoms with van der Waals surface area (Å²) in [6.07, 6.45) is 10.2. The fourth-order valence-electron chi connectivity index (χ4n) is 2.79. The minimum atomic E-state index is -0.252. The fraction of sp³-hybridized carbons (Fsp3) is 0.692. The van der Waals surface area contributed by atoms with Gasteiger partial charge in [0.2, 0.25) is 5.91 Å². The van der Waals surface area contributed by atoms with E-state index in [4.69, 9.17) is 5.73 Å². The zero-order valence-corrected chi connectivity index (χ0v) is 10.9. The van der Waals surface area contributed by atoms with Gasteiger partial charge in [0.05, 0.1) is 12.4 Å². The standard InChI is InChI=1S/C13H22N4O/c1-17(11-5-3-2-4-6-11)12(13(14)18)7-10-8-15-9-16-10/h8-9,11-12H,2-7H2,1H3,(H2,14,18)(H,15,16). The van der Waals surface area contributed by atoms with E-state index in [0.29, 0.717) is 12.5 Å². The predicted octanol–water partition coefficient (Wildman–Crippen LogP) is 1.07. The SMILES string of the molecule is CN(C1CCCCC1)C(Cc1cnc[nH]1)C(N)=O. The number of amides is 1. The van der Waals surface area contributed by atoms with Crippen LogP contribution in [0.4, 0.5) is 0 Å². The Hall–Kier alpha value is -1.36. The highest BCUT2D eigenvalue weighted by Gasteiger charge is 2.28. The van der Waals surface area contributed by atoms with Crippen molar-refractivity contribution in [2.45, 2.75) is 50.6 Å². The van der Waals surface area contributed by atoms with Crippen LogP contribution in [-0.4, -0.2) is 39.9 Å². The van der Waals surface area contributed by atoms with Crippen molar-refractivity contribution in [1.82, 2.24) is 14.9 Å². The second-order valence-electron chi connectivity index (χ2n) is 5.16. The van der Waals surface area contributed by atoms with Crippen LogP contribution < -0.4 is 5.73 Å². The van der Waals surface area contributed by atoms with Gasteiger partial charge in [-0.3, -0.25) is 9.69 Å². The molecule has 0 spiro atoms. The molecule has 5 nitrogen and oxygen atoms in total. The van der Waals surface area contributed by atoms with Crippen LogP contribution >= 0.6 is 0 Å². The molecule has 1 amide bonds. The third-order valence-corrected chi connectivity index (χ3v) is 3.94. The molecule has 1 aromatic heterocycles. The van der Waals surface area contributed by atoms with Crippen molar-refractivity contribution in [2.24, 2.45) is 5.73 Å². The number of hydrogen-bond donors (Lipinski definition) is 2. The molecule has 0 radical (unpaired) electrons. The number of nitrogens with zero attached hydrogens (tertiary/aromatic N) is 2. The van der Waals surface area contributed by atoms with E-state index in [1.54, 1.807) is 12.5 Å². The molecule has 3 N–H and O–H groups in total. The maximum atomic E-state index is 11.7. The number of aromatic amines is 1. The predicted molar refractivity (Wildman–Crippen MR) is 69.9 cm³/mol. The van der Waals surface area contributed by atoms with E-state index >= 15 is 0 Å². The van der Waals surface area contributed by atoms with Crippen LogP contribution in [0.2, 0.25) is 0 Å². The van der Waals surface area contributed by atoms with Crippen molar-refractivity contribution in [1.29, 1.82) is 0 Å². The summed E-state index contributed by atoms with van der Waals surface area (Å²) in [6.45, 7) is 0. The second kappa shape index (κ2) is 6.00. The molecule has 0 aromatic carbocycles. The van der Waals surface area contributed by atoms with E-state index in [0.717, 1.165) is 5.69 Å². The van der Waals surface area contributed by atoms with Gasteiger partial charge in [0, 0.05) is 24.4 Å². The first kappa shape index (κ1) is 13.1. The summed E-state index contributed by atoms with van der Waals surface area (Å²) < 4.78 is 0. The Morgan fingerprint density at radius 2 is 2.28 bits per heavy atom. The highest BCUT2D eigenvalue weighted by Crippen LogP contribution is 2.23. The van der Waals surface area contributed by atoms with Gasteiger partial charge in [0.15, 0.2) is 0 Å². The van der Waals surface area contributed by atoms with Gasteiger partial charge < -0.3 is 10.7 Å². The lowest BCUT2D eigenvalue weighted by Crippen LogP contribution is -2.49. The van der Waals surface area contributed by atoms with E-state index in [1.165, 1.54) is 32.1 Å². The zero-order chi connectivity index (χ0) is 13.0. The largest absolute Gasteiger partial charge is 0.368 e. The Morgan fingerprint density at radius 1 is 1.56 bits per heavy atom. The summed E-state index contributed by atoms with van der Waals surface area (Å²) >= 11 is 0. The van der Waals surface area contributed by atoms with Crippen LogP contribution in [0.5, 0.6) is 0 Å². The number of carbonyl (C=O) groups excluding carboxylic acids is 1. The van der Waals surface area contributed by atoms with Crippen LogP contribution in [0.15, 0.2) is 12.5 Å². The van der Waals surface area contributed by atoms with Gasteiger partial charge in [-0.2, -0.15) is 0 Å². The number of hydrogen-bond acceptors (Lipinski definition) is 3. The first-order chi connectivity index (χ1) is 8.68. The number of nitrogens with two attached hydrogens (primary N) is 1. The number of imidazole rings is 1. The molecular formula is C13H22N4O. The molecule has 0 saturated heterocycles. The number of nitrogens with one attached hydrogen (secondary N) is 1.